The molecule has 2 heterocycles. The molecule has 0 aliphatic carbocycles. The predicted octanol–water partition coefficient (Wildman–Crippen LogP) is 3.96. The number of aryl methyl sites for hydroxylation is 2. The maximum atomic E-state index is 12.5. The van der Waals surface area contributed by atoms with E-state index in [2.05, 4.69) is 20.6 Å². The third-order valence-corrected chi connectivity index (χ3v) is 3.88. The first-order valence-electron chi connectivity index (χ1n) is 8.09. The second-order valence-electron chi connectivity index (χ2n) is 5.91. The van der Waals surface area contributed by atoms with Gasteiger partial charge in [-0.2, -0.15) is 0 Å². The lowest BCUT2D eigenvalue weighted by molar-refractivity contribution is 0.102. The second-order valence-corrected chi connectivity index (χ2v) is 5.91. The first-order valence-corrected chi connectivity index (χ1v) is 8.09. The van der Waals surface area contributed by atoms with E-state index in [1.165, 1.54) is 0 Å². The number of hydrogen-bond acceptors (Lipinski definition) is 4. The van der Waals surface area contributed by atoms with E-state index < -0.39 is 0 Å². The summed E-state index contributed by atoms with van der Waals surface area (Å²) in [6.45, 7) is 4.62. The molecule has 3 aromatic rings. The predicted molar refractivity (Wildman–Crippen MR) is 99.7 cm³/mol. The molecule has 0 unspecified atom stereocenters. The molecule has 5 heteroatoms. The summed E-state index contributed by atoms with van der Waals surface area (Å²) in [5.74, 6) is -0.221. The number of anilines is 2. The Morgan fingerprint density at radius 3 is 2.60 bits per heavy atom. The maximum Gasteiger partial charge on any atom is 0.274 e. The Bertz CT molecular complexity index is 878. The van der Waals surface area contributed by atoms with Gasteiger partial charge < -0.3 is 10.6 Å². The van der Waals surface area contributed by atoms with Crippen molar-refractivity contribution in [3.8, 4) is 0 Å². The van der Waals surface area contributed by atoms with Crippen molar-refractivity contribution in [3.63, 3.8) is 0 Å². The van der Waals surface area contributed by atoms with Gasteiger partial charge in [-0.15, -0.1) is 0 Å². The van der Waals surface area contributed by atoms with E-state index in [-0.39, 0.29) is 5.91 Å². The molecule has 0 saturated carbocycles. The van der Waals surface area contributed by atoms with E-state index in [1.807, 2.05) is 50.2 Å². The first kappa shape index (κ1) is 16.6. The third-order valence-electron chi connectivity index (χ3n) is 3.88. The van der Waals surface area contributed by atoms with E-state index in [0.29, 0.717) is 12.2 Å². The van der Waals surface area contributed by atoms with Crippen molar-refractivity contribution in [2.75, 3.05) is 10.6 Å². The Morgan fingerprint density at radius 1 is 1.00 bits per heavy atom. The van der Waals surface area contributed by atoms with Gasteiger partial charge in [0.2, 0.25) is 0 Å². The zero-order valence-corrected chi connectivity index (χ0v) is 14.3. The number of benzene rings is 1. The molecular weight excluding hydrogens is 312 g/mol. The summed E-state index contributed by atoms with van der Waals surface area (Å²) in [4.78, 5) is 20.7. The summed E-state index contributed by atoms with van der Waals surface area (Å²) < 4.78 is 0. The van der Waals surface area contributed by atoms with Gasteiger partial charge in [-0.25, -0.2) is 0 Å². The standard InChI is InChI=1S/C20H20N4O/c1-14-3-4-15(2)18(11-14)24-20(25)19-12-17(7-10-22-19)23-13-16-5-8-21-9-6-16/h3-12H,13H2,1-2H3,(H,22,23)(H,24,25). The fourth-order valence-electron chi connectivity index (χ4n) is 2.43. The third kappa shape index (κ3) is 4.41. The highest BCUT2D eigenvalue weighted by Gasteiger charge is 2.10. The Kier molecular flexibility index (Phi) is 5.04. The van der Waals surface area contributed by atoms with Crippen LogP contribution in [0.4, 0.5) is 11.4 Å². The van der Waals surface area contributed by atoms with Gasteiger partial charge in [0, 0.05) is 36.5 Å². The highest BCUT2D eigenvalue weighted by molar-refractivity contribution is 6.03. The lowest BCUT2D eigenvalue weighted by Gasteiger charge is -2.10. The molecule has 126 valence electrons. The van der Waals surface area contributed by atoms with Crippen LogP contribution >= 0.6 is 0 Å². The highest BCUT2D eigenvalue weighted by atomic mass is 16.1. The van der Waals surface area contributed by atoms with Crippen LogP contribution in [-0.2, 0) is 6.54 Å². The van der Waals surface area contributed by atoms with E-state index in [0.717, 1.165) is 28.1 Å². The molecule has 0 atom stereocenters. The summed E-state index contributed by atoms with van der Waals surface area (Å²) in [7, 11) is 0. The molecule has 0 bridgehead atoms. The molecule has 2 aromatic heterocycles. The molecule has 2 N–H and O–H groups in total. The number of pyridine rings is 2. The normalized spacial score (nSPS) is 10.3. The minimum atomic E-state index is -0.221. The summed E-state index contributed by atoms with van der Waals surface area (Å²) in [5, 5.41) is 6.22. The van der Waals surface area contributed by atoms with Crippen LogP contribution in [-0.4, -0.2) is 15.9 Å². The van der Waals surface area contributed by atoms with Crippen LogP contribution in [0.1, 0.15) is 27.2 Å². The Hall–Kier alpha value is -3.21. The molecule has 0 saturated heterocycles. The molecular formula is C20H20N4O. The lowest BCUT2D eigenvalue weighted by Crippen LogP contribution is -2.15. The highest BCUT2D eigenvalue weighted by Crippen LogP contribution is 2.18. The zero-order chi connectivity index (χ0) is 17.6. The number of rotatable bonds is 5. The fourth-order valence-corrected chi connectivity index (χ4v) is 2.43. The number of hydrogen-bond donors (Lipinski definition) is 2. The van der Waals surface area contributed by atoms with E-state index >= 15 is 0 Å². The van der Waals surface area contributed by atoms with Gasteiger partial charge >= 0.3 is 0 Å². The average molecular weight is 332 g/mol. The monoisotopic (exact) mass is 332 g/mol. The maximum absolute atomic E-state index is 12.5. The molecule has 5 nitrogen and oxygen atoms in total. The van der Waals surface area contributed by atoms with Crippen molar-refractivity contribution >= 4 is 17.3 Å². The second kappa shape index (κ2) is 7.57. The largest absolute Gasteiger partial charge is 0.381 e. The van der Waals surface area contributed by atoms with Crippen molar-refractivity contribution in [2.45, 2.75) is 20.4 Å². The Balaban J connectivity index is 1.70. The molecule has 0 radical (unpaired) electrons. The SMILES string of the molecule is Cc1ccc(C)c(NC(=O)c2cc(NCc3ccncc3)ccn2)c1. The molecule has 0 aliphatic heterocycles. The van der Waals surface area contributed by atoms with Crippen molar-refractivity contribution in [3.05, 3.63) is 83.4 Å². The summed E-state index contributed by atoms with van der Waals surface area (Å²) in [5.41, 5.74) is 5.27. The van der Waals surface area contributed by atoms with Crippen LogP contribution in [0.2, 0.25) is 0 Å². The van der Waals surface area contributed by atoms with E-state index in [1.54, 1.807) is 24.7 Å². The number of aromatic nitrogens is 2. The summed E-state index contributed by atoms with van der Waals surface area (Å²) >= 11 is 0. The molecule has 0 fully saturated rings. The first-order chi connectivity index (χ1) is 12.1. The molecule has 0 spiro atoms. The van der Waals surface area contributed by atoms with Gasteiger partial charge in [-0.05, 0) is 60.9 Å². The molecule has 0 aliphatic rings. The van der Waals surface area contributed by atoms with Gasteiger partial charge in [0.05, 0.1) is 0 Å². The van der Waals surface area contributed by atoms with Crippen LogP contribution in [0.3, 0.4) is 0 Å². The summed E-state index contributed by atoms with van der Waals surface area (Å²) in [6, 6.07) is 13.5. The van der Waals surface area contributed by atoms with Crippen LogP contribution < -0.4 is 10.6 Å². The molecule has 25 heavy (non-hydrogen) atoms. The summed E-state index contributed by atoms with van der Waals surface area (Å²) in [6.07, 6.45) is 5.14. The number of amides is 1. The van der Waals surface area contributed by atoms with Crippen LogP contribution in [0.15, 0.2) is 61.1 Å². The molecule has 1 amide bonds. The Morgan fingerprint density at radius 2 is 1.80 bits per heavy atom. The van der Waals surface area contributed by atoms with Gasteiger partial charge in [-0.1, -0.05) is 12.1 Å². The quantitative estimate of drug-likeness (QED) is 0.742. The van der Waals surface area contributed by atoms with Gasteiger partial charge in [0.1, 0.15) is 5.69 Å². The number of nitrogens with zero attached hydrogens (tertiary/aromatic N) is 2. The zero-order valence-electron chi connectivity index (χ0n) is 14.3. The van der Waals surface area contributed by atoms with Crippen molar-refractivity contribution in [1.29, 1.82) is 0 Å². The fraction of sp³-hybridized carbons (Fsp3) is 0.150. The average Bonchev–Trinajstić information content (AvgIpc) is 2.64. The smallest absolute Gasteiger partial charge is 0.274 e. The van der Waals surface area contributed by atoms with E-state index in [4.69, 9.17) is 0 Å². The van der Waals surface area contributed by atoms with Gasteiger partial charge in [0.15, 0.2) is 0 Å². The number of nitrogens with one attached hydrogen (secondary N) is 2. The Labute approximate surface area is 147 Å². The topological polar surface area (TPSA) is 66.9 Å². The molecule has 3 rings (SSSR count). The van der Waals surface area contributed by atoms with Crippen molar-refractivity contribution in [2.24, 2.45) is 0 Å². The van der Waals surface area contributed by atoms with Crippen molar-refractivity contribution in [1.82, 2.24) is 9.97 Å². The van der Waals surface area contributed by atoms with Crippen LogP contribution in [0, 0.1) is 13.8 Å². The number of carbonyl (C=O) groups is 1. The van der Waals surface area contributed by atoms with Crippen LogP contribution in [0.25, 0.3) is 0 Å². The lowest BCUT2D eigenvalue weighted by atomic mass is 10.1. The minimum absolute atomic E-state index is 0.221. The number of carbonyl (C=O) groups excluding carboxylic acids is 1. The minimum Gasteiger partial charge on any atom is -0.381 e. The molecule has 1 aromatic carbocycles. The van der Waals surface area contributed by atoms with E-state index in [9.17, 15) is 4.79 Å². The van der Waals surface area contributed by atoms with Crippen LogP contribution in [0.5, 0.6) is 0 Å². The van der Waals surface area contributed by atoms with Gasteiger partial charge in [-0.3, -0.25) is 14.8 Å². The van der Waals surface area contributed by atoms with Gasteiger partial charge in [0.25, 0.3) is 5.91 Å². The van der Waals surface area contributed by atoms with Crippen molar-refractivity contribution < 1.29 is 4.79 Å².